The largest absolute Gasteiger partial charge is 0.385 e. The summed E-state index contributed by atoms with van der Waals surface area (Å²) in [4.78, 5) is 14.7. The molecule has 1 saturated heterocycles. The second-order valence-electron chi connectivity index (χ2n) is 7.71. The minimum atomic E-state index is -3.41. The summed E-state index contributed by atoms with van der Waals surface area (Å²) in [5.41, 5.74) is 2.70. The number of nitrogens with one attached hydrogen (secondary N) is 1. The number of sulfone groups is 1. The number of likely N-dealkylation sites (tertiary alicyclic amines) is 1. The zero-order valence-corrected chi connectivity index (χ0v) is 18.7. The van der Waals surface area contributed by atoms with Gasteiger partial charge in [-0.1, -0.05) is 11.6 Å². The SMILES string of the molecule is COCCCn1c(CN2CCC[C@@H]2c2nc3ccc(Cl)cc3[nH]2)cnc1S(C)(=O)=O. The summed E-state index contributed by atoms with van der Waals surface area (Å²) in [5.74, 6) is 0.915. The lowest BCUT2D eigenvalue weighted by atomic mass is 10.2. The van der Waals surface area contributed by atoms with E-state index in [0.717, 1.165) is 48.4 Å². The number of aromatic amines is 1. The predicted molar refractivity (Wildman–Crippen MR) is 115 cm³/mol. The third-order valence-electron chi connectivity index (χ3n) is 5.47. The average molecular weight is 452 g/mol. The maximum atomic E-state index is 12.2. The van der Waals surface area contributed by atoms with Gasteiger partial charge in [-0.15, -0.1) is 0 Å². The maximum Gasteiger partial charge on any atom is 0.227 e. The molecule has 4 rings (SSSR count). The molecule has 1 aromatic carbocycles. The fourth-order valence-electron chi connectivity index (χ4n) is 4.11. The minimum Gasteiger partial charge on any atom is -0.385 e. The van der Waals surface area contributed by atoms with E-state index in [0.29, 0.717) is 24.7 Å². The number of aromatic nitrogens is 4. The van der Waals surface area contributed by atoms with Crippen molar-refractivity contribution in [2.24, 2.45) is 0 Å². The summed E-state index contributed by atoms with van der Waals surface area (Å²) in [6, 6.07) is 5.78. The molecular weight excluding hydrogens is 426 g/mol. The Kier molecular flexibility index (Phi) is 6.15. The molecule has 3 aromatic rings. The molecule has 2 aromatic heterocycles. The molecule has 0 spiro atoms. The van der Waals surface area contributed by atoms with Gasteiger partial charge in [0.05, 0.1) is 29.0 Å². The van der Waals surface area contributed by atoms with Crippen molar-refractivity contribution >= 4 is 32.5 Å². The number of methoxy groups -OCH3 is 1. The third-order valence-corrected chi connectivity index (χ3v) is 6.69. The van der Waals surface area contributed by atoms with E-state index in [2.05, 4.69) is 14.9 Å². The van der Waals surface area contributed by atoms with Crippen molar-refractivity contribution in [1.29, 1.82) is 0 Å². The van der Waals surface area contributed by atoms with E-state index in [4.69, 9.17) is 21.3 Å². The number of rotatable bonds is 8. The Morgan fingerprint density at radius 2 is 2.20 bits per heavy atom. The zero-order valence-electron chi connectivity index (χ0n) is 17.1. The highest BCUT2D eigenvalue weighted by atomic mass is 35.5. The van der Waals surface area contributed by atoms with E-state index in [9.17, 15) is 8.42 Å². The number of nitrogens with zero attached hydrogens (tertiary/aromatic N) is 4. The van der Waals surface area contributed by atoms with Crippen LogP contribution in [-0.4, -0.2) is 59.4 Å². The van der Waals surface area contributed by atoms with Gasteiger partial charge in [-0.2, -0.15) is 0 Å². The van der Waals surface area contributed by atoms with Crippen molar-refractivity contribution in [1.82, 2.24) is 24.4 Å². The van der Waals surface area contributed by atoms with Gasteiger partial charge in [0.15, 0.2) is 0 Å². The van der Waals surface area contributed by atoms with Gasteiger partial charge in [0.1, 0.15) is 5.82 Å². The Morgan fingerprint density at radius 1 is 1.37 bits per heavy atom. The van der Waals surface area contributed by atoms with Gasteiger partial charge in [-0.3, -0.25) is 4.90 Å². The van der Waals surface area contributed by atoms with Gasteiger partial charge >= 0.3 is 0 Å². The van der Waals surface area contributed by atoms with Gasteiger partial charge in [0.2, 0.25) is 15.0 Å². The monoisotopic (exact) mass is 451 g/mol. The molecule has 1 atom stereocenters. The van der Waals surface area contributed by atoms with Crippen LogP contribution in [0.5, 0.6) is 0 Å². The summed E-state index contributed by atoms with van der Waals surface area (Å²) in [5, 5.41) is 0.789. The van der Waals surface area contributed by atoms with Crippen LogP contribution >= 0.6 is 11.6 Å². The van der Waals surface area contributed by atoms with E-state index >= 15 is 0 Å². The highest BCUT2D eigenvalue weighted by Crippen LogP contribution is 2.33. The van der Waals surface area contributed by atoms with Crippen LogP contribution in [0.2, 0.25) is 5.02 Å². The molecule has 0 saturated carbocycles. The summed E-state index contributed by atoms with van der Waals surface area (Å²) in [6.07, 6.45) is 5.64. The molecule has 10 heteroatoms. The normalized spacial score (nSPS) is 17.9. The van der Waals surface area contributed by atoms with Crippen molar-refractivity contribution < 1.29 is 13.2 Å². The number of imidazole rings is 2. The van der Waals surface area contributed by atoms with E-state index in [1.165, 1.54) is 6.26 Å². The first kappa shape index (κ1) is 21.3. The smallest absolute Gasteiger partial charge is 0.227 e. The molecule has 0 bridgehead atoms. The molecule has 0 amide bonds. The fraction of sp³-hybridized carbons (Fsp3) is 0.500. The van der Waals surface area contributed by atoms with Crippen LogP contribution in [0.15, 0.2) is 29.6 Å². The predicted octanol–water partition coefficient (Wildman–Crippen LogP) is 3.19. The fourth-order valence-corrected chi connectivity index (χ4v) is 5.14. The first-order valence-electron chi connectivity index (χ1n) is 9.99. The van der Waals surface area contributed by atoms with Crippen molar-refractivity contribution in [3.63, 3.8) is 0 Å². The molecule has 162 valence electrons. The van der Waals surface area contributed by atoms with Crippen LogP contribution in [0.3, 0.4) is 0 Å². The summed E-state index contributed by atoms with van der Waals surface area (Å²) < 4.78 is 31.3. The summed E-state index contributed by atoms with van der Waals surface area (Å²) in [7, 11) is -1.77. The molecule has 30 heavy (non-hydrogen) atoms. The van der Waals surface area contributed by atoms with Crippen molar-refractivity contribution in [3.05, 3.63) is 40.9 Å². The van der Waals surface area contributed by atoms with Gasteiger partial charge < -0.3 is 14.3 Å². The number of ether oxygens (including phenoxy) is 1. The standard InChI is InChI=1S/C20H26ClN5O3S/c1-29-10-4-9-26-15(12-22-20(26)30(2,27)28)13-25-8-3-5-18(25)19-23-16-7-6-14(21)11-17(16)24-19/h6-7,11-12,18H,3-5,8-10,13H2,1-2H3,(H,23,24)/t18-/m1/s1. The lowest BCUT2D eigenvalue weighted by Crippen LogP contribution is -2.25. The first-order chi connectivity index (χ1) is 14.4. The van der Waals surface area contributed by atoms with Crippen molar-refractivity contribution in [2.75, 3.05) is 26.5 Å². The lowest BCUT2D eigenvalue weighted by Gasteiger charge is -2.23. The lowest BCUT2D eigenvalue weighted by molar-refractivity contribution is 0.187. The van der Waals surface area contributed by atoms with Crippen LogP contribution < -0.4 is 0 Å². The second kappa shape index (κ2) is 8.66. The number of hydrogen-bond acceptors (Lipinski definition) is 6. The van der Waals surface area contributed by atoms with Crippen LogP contribution in [0, 0.1) is 0 Å². The Labute approximate surface area is 181 Å². The van der Waals surface area contributed by atoms with E-state index in [1.807, 2.05) is 22.8 Å². The first-order valence-corrected chi connectivity index (χ1v) is 12.3. The third kappa shape index (κ3) is 4.39. The van der Waals surface area contributed by atoms with Crippen LogP contribution in [0.4, 0.5) is 0 Å². The molecule has 1 aliphatic heterocycles. The average Bonchev–Trinajstić information content (AvgIpc) is 3.39. The molecular formula is C20H26ClN5O3S. The number of fused-ring (bicyclic) bond motifs is 1. The molecule has 1 N–H and O–H groups in total. The summed E-state index contributed by atoms with van der Waals surface area (Å²) in [6.45, 7) is 2.64. The van der Waals surface area contributed by atoms with Gasteiger partial charge in [0.25, 0.3) is 0 Å². The molecule has 1 aliphatic rings. The topological polar surface area (TPSA) is 93.1 Å². The van der Waals surface area contributed by atoms with Crippen LogP contribution in [-0.2, 0) is 27.7 Å². The molecule has 0 unspecified atom stereocenters. The number of hydrogen-bond donors (Lipinski definition) is 1. The minimum absolute atomic E-state index is 0.114. The molecule has 0 aliphatic carbocycles. The quantitative estimate of drug-likeness (QED) is 0.528. The molecule has 3 heterocycles. The van der Waals surface area contributed by atoms with Crippen LogP contribution in [0.1, 0.15) is 36.8 Å². The number of halogens is 1. The van der Waals surface area contributed by atoms with Crippen molar-refractivity contribution in [2.45, 2.75) is 43.6 Å². The van der Waals surface area contributed by atoms with Gasteiger partial charge in [-0.05, 0) is 44.0 Å². The number of H-pyrrole nitrogens is 1. The van der Waals surface area contributed by atoms with E-state index in [1.54, 1.807) is 13.3 Å². The Morgan fingerprint density at radius 3 is 2.97 bits per heavy atom. The summed E-state index contributed by atoms with van der Waals surface area (Å²) >= 11 is 6.11. The van der Waals surface area contributed by atoms with Crippen LogP contribution in [0.25, 0.3) is 11.0 Å². The molecule has 0 radical (unpaired) electrons. The van der Waals surface area contributed by atoms with E-state index in [-0.39, 0.29) is 11.2 Å². The Balaban J connectivity index is 1.60. The zero-order chi connectivity index (χ0) is 21.3. The second-order valence-corrected chi connectivity index (χ2v) is 10.1. The van der Waals surface area contributed by atoms with Gasteiger partial charge in [-0.25, -0.2) is 18.4 Å². The highest BCUT2D eigenvalue weighted by Gasteiger charge is 2.30. The Hall–Kier alpha value is -1.94. The molecule has 1 fully saturated rings. The molecule has 8 nitrogen and oxygen atoms in total. The number of benzene rings is 1. The highest BCUT2D eigenvalue weighted by molar-refractivity contribution is 7.90. The van der Waals surface area contributed by atoms with Gasteiger partial charge in [0, 0.05) is 38.1 Å². The van der Waals surface area contributed by atoms with Crippen molar-refractivity contribution in [3.8, 4) is 0 Å². The van der Waals surface area contributed by atoms with E-state index < -0.39 is 9.84 Å². The maximum absolute atomic E-state index is 12.2. The Bertz CT molecular complexity index is 1140.